The number of aromatic amines is 1. The molecule has 0 bridgehead atoms. The van der Waals surface area contributed by atoms with Crippen LogP contribution in [0.2, 0.25) is 0 Å². The van der Waals surface area contributed by atoms with E-state index in [-0.39, 0.29) is 0 Å². The van der Waals surface area contributed by atoms with E-state index in [0.717, 1.165) is 53.9 Å². The fraction of sp³-hybridized carbons (Fsp3) is 0.400. The second-order valence-corrected chi connectivity index (χ2v) is 7.17. The first-order chi connectivity index (χ1) is 13.1. The van der Waals surface area contributed by atoms with Crippen molar-refractivity contribution in [2.45, 2.75) is 46.2 Å². The summed E-state index contributed by atoms with van der Waals surface area (Å²) in [5, 5.41) is 10.5. The monoisotopic (exact) mass is 363 g/mol. The van der Waals surface area contributed by atoms with Gasteiger partial charge in [0.05, 0.1) is 17.9 Å². The van der Waals surface area contributed by atoms with Crippen LogP contribution in [0.1, 0.15) is 47.2 Å². The molecule has 1 atom stereocenters. The molecule has 7 nitrogen and oxygen atoms in total. The van der Waals surface area contributed by atoms with E-state index in [1.807, 2.05) is 32.2 Å². The third kappa shape index (κ3) is 3.83. The molecule has 3 aromatic rings. The van der Waals surface area contributed by atoms with Gasteiger partial charge >= 0.3 is 0 Å². The quantitative estimate of drug-likeness (QED) is 0.721. The topological polar surface area (TPSA) is 82.6 Å². The van der Waals surface area contributed by atoms with E-state index >= 15 is 0 Å². The van der Waals surface area contributed by atoms with Crippen molar-refractivity contribution in [3.05, 3.63) is 58.9 Å². The Labute approximate surface area is 159 Å². The Bertz CT molecular complexity index is 934. The third-order valence-corrected chi connectivity index (χ3v) is 5.13. The summed E-state index contributed by atoms with van der Waals surface area (Å²) in [5.41, 5.74) is 4.54. The van der Waals surface area contributed by atoms with Crippen LogP contribution >= 0.6 is 0 Å². The Kier molecular flexibility index (Phi) is 4.85. The molecule has 4 heterocycles. The predicted octanol–water partition coefficient (Wildman–Crippen LogP) is 3.60. The molecule has 0 amide bonds. The summed E-state index contributed by atoms with van der Waals surface area (Å²) in [4.78, 5) is 16.2. The lowest BCUT2D eigenvalue weighted by molar-refractivity contribution is 0.243. The number of likely N-dealkylation sites (tertiary alicyclic amines) is 1. The zero-order chi connectivity index (χ0) is 18.8. The third-order valence-electron chi connectivity index (χ3n) is 5.13. The smallest absolute Gasteiger partial charge is 0.135 e. The number of hydrogen-bond donors (Lipinski definition) is 2. The fourth-order valence-electron chi connectivity index (χ4n) is 3.67. The summed E-state index contributed by atoms with van der Waals surface area (Å²) in [6.45, 7) is 8.01. The first kappa shape index (κ1) is 17.6. The van der Waals surface area contributed by atoms with Crippen molar-refractivity contribution in [1.82, 2.24) is 30.0 Å². The Morgan fingerprint density at radius 1 is 1.26 bits per heavy atom. The van der Waals surface area contributed by atoms with E-state index in [4.69, 9.17) is 4.98 Å². The molecule has 1 saturated heterocycles. The van der Waals surface area contributed by atoms with Crippen LogP contribution in [-0.2, 0) is 6.54 Å². The zero-order valence-electron chi connectivity index (χ0n) is 16.0. The van der Waals surface area contributed by atoms with Gasteiger partial charge in [0, 0.05) is 30.1 Å². The van der Waals surface area contributed by atoms with Crippen LogP contribution in [0, 0.1) is 20.8 Å². The molecule has 0 aromatic carbocycles. The Morgan fingerprint density at radius 3 is 2.93 bits per heavy atom. The van der Waals surface area contributed by atoms with Crippen LogP contribution < -0.4 is 5.32 Å². The number of H-pyrrole nitrogens is 1. The highest BCUT2D eigenvalue weighted by Crippen LogP contribution is 2.33. The summed E-state index contributed by atoms with van der Waals surface area (Å²) >= 11 is 0. The van der Waals surface area contributed by atoms with Crippen LogP contribution in [0.4, 0.5) is 11.6 Å². The van der Waals surface area contributed by atoms with Gasteiger partial charge in [-0.1, -0.05) is 6.07 Å². The lowest BCUT2D eigenvalue weighted by Crippen LogP contribution is -2.24. The normalized spacial score (nSPS) is 17.4. The Hall–Kier alpha value is -2.80. The first-order valence-corrected chi connectivity index (χ1v) is 9.37. The average molecular weight is 363 g/mol. The number of anilines is 2. The van der Waals surface area contributed by atoms with E-state index in [1.165, 1.54) is 12.0 Å². The first-order valence-electron chi connectivity index (χ1n) is 9.37. The van der Waals surface area contributed by atoms with Gasteiger partial charge in [0.2, 0.25) is 0 Å². The molecule has 0 radical (unpaired) electrons. The predicted molar refractivity (Wildman–Crippen MR) is 105 cm³/mol. The Balaban J connectivity index is 1.58. The number of nitrogens with zero attached hydrogens (tertiary/aromatic N) is 5. The number of aryl methyl sites for hydroxylation is 3. The van der Waals surface area contributed by atoms with E-state index in [9.17, 15) is 0 Å². The van der Waals surface area contributed by atoms with Gasteiger partial charge in [-0.15, -0.1) is 0 Å². The molecule has 0 spiro atoms. The van der Waals surface area contributed by atoms with Gasteiger partial charge in [-0.3, -0.25) is 10.00 Å². The van der Waals surface area contributed by atoms with E-state index in [2.05, 4.69) is 43.4 Å². The summed E-state index contributed by atoms with van der Waals surface area (Å²) in [6.07, 6.45) is 5.99. The average Bonchev–Trinajstić information content (AvgIpc) is 3.26. The van der Waals surface area contributed by atoms with Gasteiger partial charge in [-0.05, 0) is 51.8 Å². The van der Waals surface area contributed by atoms with E-state index in [1.54, 1.807) is 6.20 Å². The van der Waals surface area contributed by atoms with Gasteiger partial charge in [-0.2, -0.15) is 5.10 Å². The van der Waals surface area contributed by atoms with E-state index < -0.39 is 0 Å². The number of nitrogens with one attached hydrogen (secondary N) is 2. The molecule has 1 aliphatic rings. The molecule has 0 saturated carbocycles. The van der Waals surface area contributed by atoms with Crippen molar-refractivity contribution in [3.63, 3.8) is 0 Å². The molecule has 1 unspecified atom stereocenters. The van der Waals surface area contributed by atoms with Crippen molar-refractivity contribution >= 4 is 11.6 Å². The molecule has 2 N–H and O–H groups in total. The van der Waals surface area contributed by atoms with Crippen molar-refractivity contribution < 1.29 is 0 Å². The van der Waals surface area contributed by atoms with Crippen molar-refractivity contribution in [2.24, 2.45) is 0 Å². The molecule has 3 aromatic heterocycles. The van der Waals surface area contributed by atoms with Crippen molar-refractivity contribution in [2.75, 3.05) is 11.9 Å². The minimum atomic E-state index is 0.298. The second kappa shape index (κ2) is 7.44. The van der Waals surface area contributed by atoms with Gasteiger partial charge in [-0.25, -0.2) is 15.0 Å². The molecular weight excluding hydrogens is 338 g/mol. The summed E-state index contributed by atoms with van der Waals surface area (Å²) in [7, 11) is 0. The maximum absolute atomic E-state index is 4.75. The van der Waals surface area contributed by atoms with Crippen LogP contribution in [0.15, 0.2) is 30.6 Å². The molecule has 0 aliphatic carbocycles. The lowest BCUT2D eigenvalue weighted by atomic mass is 10.1. The summed E-state index contributed by atoms with van der Waals surface area (Å²) < 4.78 is 0. The van der Waals surface area contributed by atoms with Crippen LogP contribution in [0.5, 0.6) is 0 Å². The van der Waals surface area contributed by atoms with Gasteiger partial charge in [0.25, 0.3) is 0 Å². The maximum Gasteiger partial charge on any atom is 0.135 e. The number of aromatic nitrogens is 5. The molecular formula is C20H25N7. The second-order valence-electron chi connectivity index (χ2n) is 7.17. The summed E-state index contributed by atoms with van der Waals surface area (Å²) in [5.74, 6) is 2.40. The molecule has 1 fully saturated rings. The van der Waals surface area contributed by atoms with Gasteiger partial charge in [0.1, 0.15) is 17.5 Å². The van der Waals surface area contributed by atoms with Crippen LogP contribution in [-0.4, -0.2) is 36.6 Å². The van der Waals surface area contributed by atoms with Crippen LogP contribution in [0.3, 0.4) is 0 Å². The standard InChI is InChI=1S/C20H25N7/c1-13-6-4-8-21-20(13)25-19-10-17(23-15(3)24-19)18-7-5-9-27(18)12-16-11-22-26-14(16)2/h4,6,8,10-11,18H,5,7,9,12H2,1-3H3,(H,22,26)(H,21,23,24,25). The molecule has 7 heteroatoms. The highest BCUT2D eigenvalue weighted by atomic mass is 15.2. The van der Waals surface area contributed by atoms with E-state index in [0.29, 0.717) is 6.04 Å². The zero-order valence-corrected chi connectivity index (χ0v) is 16.0. The van der Waals surface area contributed by atoms with Gasteiger partial charge < -0.3 is 5.32 Å². The fourth-order valence-corrected chi connectivity index (χ4v) is 3.67. The van der Waals surface area contributed by atoms with Crippen molar-refractivity contribution in [1.29, 1.82) is 0 Å². The highest BCUT2D eigenvalue weighted by Gasteiger charge is 2.28. The minimum absolute atomic E-state index is 0.298. The SMILES string of the molecule is Cc1nc(Nc2ncccc2C)cc(C2CCCN2Cc2cn[nH]c2C)n1. The molecule has 1 aliphatic heterocycles. The summed E-state index contributed by atoms with van der Waals surface area (Å²) in [6, 6.07) is 6.33. The molecule has 4 rings (SSSR count). The lowest BCUT2D eigenvalue weighted by Gasteiger charge is -2.24. The largest absolute Gasteiger partial charge is 0.325 e. The van der Waals surface area contributed by atoms with Gasteiger partial charge in [0.15, 0.2) is 0 Å². The molecule has 27 heavy (non-hydrogen) atoms. The number of pyridine rings is 1. The maximum atomic E-state index is 4.75. The molecule has 140 valence electrons. The minimum Gasteiger partial charge on any atom is -0.325 e. The van der Waals surface area contributed by atoms with Crippen LogP contribution in [0.25, 0.3) is 0 Å². The Morgan fingerprint density at radius 2 is 2.15 bits per heavy atom. The van der Waals surface area contributed by atoms with Crippen molar-refractivity contribution in [3.8, 4) is 0 Å². The number of rotatable bonds is 5. The number of hydrogen-bond acceptors (Lipinski definition) is 6. The highest BCUT2D eigenvalue weighted by molar-refractivity contribution is 5.55.